The third-order valence-corrected chi connectivity index (χ3v) is 2.88. The molecule has 7 nitrogen and oxygen atoms in total. The predicted octanol–water partition coefficient (Wildman–Crippen LogP) is -0.499. The molecule has 0 rings (SSSR count). The first-order chi connectivity index (χ1) is 8.38. The third kappa shape index (κ3) is 7.13. The second kappa shape index (κ2) is 8.76. The van der Waals surface area contributed by atoms with Crippen molar-refractivity contribution < 1.29 is 24.6 Å². The molecule has 0 saturated heterocycles. The number of carboxylic acids is 2. The minimum atomic E-state index is -1.12. The Kier molecular flexibility index (Phi) is 8.14. The van der Waals surface area contributed by atoms with Gasteiger partial charge in [0, 0.05) is 6.42 Å². The summed E-state index contributed by atoms with van der Waals surface area (Å²) in [5.74, 6) is -2.20. The Bertz CT molecular complexity index is 311. The number of carbonyl (C=O) groups excluding carboxylic acids is 1. The maximum Gasteiger partial charge on any atom is 0.326 e. The van der Waals surface area contributed by atoms with E-state index in [4.69, 9.17) is 15.9 Å². The Balaban J connectivity index is 4.22. The lowest BCUT2D eigenvalue weighted by Crippen LogP contribution is -2.48. The molecule has 1 unspecified atom stereocenters. The van der Waals surface area contributed by atoms with Crippen molar-refractivity contribution in [2.75, 3.05) is 12.0 Å². The third-order valence-electron chi connectivity index (χ3n) is 2.23. The van der Waals surface area contributed by atoms with Gasteiger partial charge in [-0.3, -0.25) is 9.59 Å². The lowest BCUT2D eigenvalue weighted by atomic mass is 10.1. The van der Waals surface area contributed by atoms with Gasteiger partial charge in [0.1, 0.15) is 6.04 Å². The number of carboxylic acid groups (broad SMARTS) is 2. The normalized spacial score (nSPS) is 13.7. The molecule has 104 valence electrons. The number of carbonyl (C=O) groups is 3. The second-order valence-corrected chi connectivity index (χ2v) is 4.71. The molecule has 0 aromatic rings. The molecule has 0 aliphatic heterocycles. The molecule has 18 heavy (non-hydrogen) atoms. The summed E-state index contributed by atoms with van der Waals surface area (Å²) in [7, 11) is 0. The summed E-state index contributed by atoms with van der Waals surface area (Å²) >= 11 is 1.47. The Morgan fingerprint density at radius 3 is 2.33 bits per heavy atom. The van der Waals surface area contributed by atoms with Crippen molar-refractivity contribution in [1.82, 2.24) is 5.32 Å². The van der Waals surface area contributed by atoms with Gasteiger partial charge < -0.3 is 21.3 Å². The van der Waals surface area contributed by atoms with Gasteiger partial charge >= 0.3 is 11.9 Å². The number of aliphatic carboxylic acids is 2. The van der Waals surface area contributed by atoms with Gasteiger partial charge in [0.05, 0.1) is 6.04 Å². The number of hydrogen-bond donors (Lipinski definition) is 4. The largest absolute Gasteiger partial charge is 0.481 e. The van der Waals surface area contributed by atoms with E-state index in [9.17, 15) is 14.4 Å². The molecule has 0 saturated carbocycles. The van der Waals surface area contributed by atoms with E-state index in [0.717, 1.165) is 0 Å². The lowest BCUT2D eigenvalue weighted by molar-refractivity contribution is -0.142. The number of hydrogen-bond acceptors (Lipinski definition) is 5. The molecule has 8 heteroatoms. The summed E-state index contributed by atoms with van der Waals surface area (Å²) in [6, 6.07) is -1.99. The van der Waals surface area contributed by atoms with E-state index in [-0.39, 0.29) is 12.8 Å². The van der Waals surface area contributed by atoms with Gasteiger partial charge in [-0.05, 0) is 24.9 Å². The molecule has 0 spiro atoms. The number of thioether (sulfide) groups is 1. The molecule has 0 radical (unpaired) electrons. The summed E-state index contributed by atoms with van der Waals surface area (Å²) in [6.45, 7) is 0. The highest BCUT2D eigenvalue weighted by Gasteiger charge is 2.23. The van der Waals surface area contributed by atoms with E-state index in [1.807, 2.05) is 6.26 Å². The molecule has 5 N–H and O–H groups in total. The molecule has 0 aliphatic carbocycles. The fraction of sp³-hybridized carbons (Fsp3) is 0.700. The van der Waals surface area contributed by atoms with Crippen LogP contribution in [0.5, 0.6) is 0 Å². The monoisotopic (exact) mass is 278 g/mol. The second-order valence-electron chi connectivity index (χ2n) is 3.72. The van der Waals surface area contributed by atoms with Gasteiger partial charge in [-0.15, -0.1) is 0 Å². The summed E-state index contributed by atoms with van der Waals surface area (Å²) in [5.41, 5.74) is 5.47. The maximum absolute atomic E-state index is 11.5. The van der Waals surface area contributed by atoms with Crippen molar-refractivity contribution in [2.24, 2.45) is 5.73 Å². The van der Waals surface area contributed by atoms with Crippen molar-refractivity contribution in [2.45, 2.75) is 31.3 Å². The van der Waals surface area contributed by atoms with Crippen LogP contribution in [0.15, 0.2) is 0 Å². The Hall–Kier alpha value is -1.28. The average Bonchev–Trinajstić information content (AvgIpc) is 2.30. The van der Waals surface area contributed by atoms with Gasteiger partial charge in [0.15, 0.2) is 0 Å². The fourth-order valence-corrected chi connectivity index (χ4v) is 1.65. The van der Waals surface area contributed by atoms with Crippen LogP contribution in [0.3, 0.4) is 0 Å². The van der Waals surface area contributed by atoms with Crippen molar-refractivity contribution in [3.05, 3.63) is 0 Å². The Morgan fingerprint density at radius 2 is 1.89 bits per heavy atom. The highest BCUT2D eigenvalue weighted by atomic mass is 32.2. The predicted molar refractivity (Wildman–Crippen MR) is 67.4 cm³/mol. The topological polar surface area (TPSA) is 130 Å². The summed E-state index contributed by atoms with van der Waals surface area (Å²) < 4.78 is 0. The zero-order chi connectivity index (χ0) is 14.1. The first kappa shape index (κ1) is 16.7. The fourth-order valence-electron chi connectivity index (χ4n) is 1.18. The van der Waals surface area contributed by atoms with Gasteiger partial charge in [0.25, 0.3) is 0 Å². The van der Waals surface area contributed by atoms with E-state index >= 15 is 0 Å². The highest BCUT2D eigenvalue weighted by molar-refractivity contribution is 7.98. The lowest BCUT2D eigenvalue weighted by Gasteiger charge is -2.17. The van der Waals surface area contributed by atoms with Crippen LogP contribution >= 0.6 is 11.8 Å². The van der Waals surface area contributed by atoms with Crippen LogP contribution in [-0.4, -0.2) is 52.2 Å². The summed E-state index contributed by atoms with van der Waals surface area (Å²) in [4.78, 5) is 32.7. The van der Waals surface area contributed by atoms with Gasteiger partial charge in [-0.25, -0.2) is 4.79 Å². The van der Waals surface area contributed by atoms with Crippen LogP contribution in [0.2, 0.25) is 0 Å². The molecular weight excluding hydrogens is 260 g/mol. The van der Waals surface area contributed by atoms with Crippen LogP contribution in [0.25, 0.3) is 0 Å². The van der Waals surface area contributed by atoms with Crippen LogP contribution in [0.4, 0.5) is 0 Å². The zero-order valence-electron chi connectivity index (χ0n) is 10.1. The first-order valence-corrected chi connectivity index (χ1v) is 6.77. The SMILES string of the molecule is CSCC[C@H](NC(=O)C(N)CCC(=O)O)C(=O)O. The first-order valence-electron chi connectivity index (χ1n) is 5.38. The molecule has 1 amide bonds. The van der Waals surface area contributed by atoms with Crippen molar-refractivity contribution >= 4 is 29.6 Å². The smallest absolute Gasteiger partial charge is 0.326 e. The van der Waals surface area contributed by atoms with E-state index in [0.29, 0.717) is 12.2 Å². The highest BCUT2D eigenvalue weighted by Crippen LogP contribution is 2.02. The molecule has 0 heterocycles. The van der Waals surface area contributed by atoms with Crippen LogP contribution in [-0.2, 0) is 14.4 Å². The molecule has 0 aliphatic rings. The van der Waals surface area contributed by atoms with Gasteiger partial charge in [-0.2, -0.15) is 11.8 Å². The number of rotatable bonds is 9. The van der Waals surface area contributed by atoms with Crippen LogP contribution in [0, 0.1) is 0 Å². The molecule has 0 bridgehead atoms. The Morgan fingerprint density at radius 1 is 1.28 bits per heavy atom. The van der Waals surface area contributed by atoms with Gasteiger partial charge in [0.2, 0.25) is 5.91 Å². The van der Waals surface area contributed by atoms with Gasteiger partial charge in [-0.1, -0.05) is 0 Å². The molecular formula is C10H18N2O5S. The minimum Gasteiger partial charge on any atom is -0.481 e. The standard InChI is InChI=1S/C10H18N2O5S/c1-18-5-4-7(10(16)17)12-9(15)6(11)2-3-8(13)14/h6-7H,2-5,11H2,1H3,(H,12,15)(H,13,14)(H,16,17)/t6?,7-/m0/s1. The number of nitrogens with one attached hydrogen (secondary N) is 1. The van der Waals surface area contributed by atoms with E-state index in [2.05, 4.69) is 5.32 Å². The molecule has 2 atom stereocenters. The minimum absolute atomic E-state index is 0.0178. The summed E-state index contributed by atoms with van der Waals surface area (Å²) in [6.07, 6.45) is 1.89. The van der Waals surface area contributed by atoms with Crippen LogP contribution < -0.4 is 11.1 Å². The zero-order valence-corrected chi connectivity index (χ0v) is 10.9. The van der Waals surface area contributed by atoms with E-state index < -0.39 is 29.9 Å². The molecule has 0 fully saturated rings. The summed E-state index contributed by atoms with van der Waals surface area (Å²) in [5, 5.41) is 19.6. The van der Waals surface area contributed by atoms with Crippen LogP contribution in [0.1, 0.15) is 19.3 Å². The number of nitrogens with two attached hydrogens (primary N) is 1. The molecule has 0 aromatic carbocycles. The van der Waals surface area contributed by atoms with Crippen molar-refractivity contribution in [3.63, 3.8) is 0 Å². The number of amides is 1. The molecule has 0 aromatic heterocycles. The van der Waals surface area contributed by atoms with Crippen molar-refractivity contribution in [3.8, 4) is 0 Å². The quantitative estimate of drug-likeness (QED) is 0.447. The van der Waals surface area contributed by atoms with E-state index in [1.54, 1.807) is 0 Å². The maximum atomic E-state index is 11.5. The average molecular weight is 278 g/mol. The Labute approximate surface area is 109 Å². The van der Waals surface area contributed by atoms with Crippen molar-refractivity contribution in [1.29, 1.82) is 0 Å². The van der Waals surface area contributed by atoms with E-state index in [1.165, 1.54) is 11.8 Å².